The Bertz CT molecular complexity index is 478. The highest BCUT2D eigenvalue weighted by Crippen LogP contribution is 2.20. The number of aromatic nitrogens is 2. The van der Waals surface area contributed by atoms with Crippen LogP contribution < -0.4 is 11.1 Å². The molecule has 0 radical (unpaired) electrons. The van der Waals surface area contributed by atoms with E-state index in [1.165, 1.54) is 5.56 Å². The Labute approximate surface area is 87.3 Å². The van der Waals surface area contributed by atoms with E-state index in [-0.39, 0.29) is 6.01 Å². The lowest BCUT2D eigenvalue weighted by atomic mass is 10.1. The largest absolute Gasteiger partial charge is 0.389 e. The molecular formula is C10H12N4O. The van der Waals surface area contributed by atoms with Crippen molar-refractivity contribution in [3.05, 3.63) is 29.3 Å². The summed E-state index contributed by atoms with van der Waals surface area (Å²) in [5.74, 6) is 0. The summed E-state index contributed by atoms with van der Waals surface area (Å²) >= 11 is 0. The van der Waals surface area contributed by atoms with Gasteiger partial charge >= 0.3 is 12.0 Å². The van der Waals surface area contributed by atoms with Gasteiger partial charge in [0.1, 0.15) is 0 Å². The number of benzene rings is 1. The van der Waals surface area contributed by atoms with Gasteiger partial charge in [0, 0.05) is 5.69 Å². The van der Waals surface area contributed by atoms with E-state index in [0.29, 0.717) is 6.01 Å². The number of hydrogen-bond acceptors (Lipinski definition) is 5. The molecule has 2 rings (SSSR count). The van der Waals surface area contributed by atoms with Gasteiger partial charge in [-0.3, -0.25) is 0 Å². The summed E-state index contributed by atoms with van der Waals surface area (Å²) in [6.45, 7) is 4.05. The van der Waals surface area contributed by atoms with Crippen molar-refractivity contribution >= 4 is 17.7 Å². The fourth-order valence-electron chi connectivity index (χ4n) is 1.35. The van der Waals surface area contributed by atoms with Crippen LogP contribution in [0.1, 0.15) is 11.1 Å². The second-order valence-electron chi connectivity index (χ2n) is 3.39. The van der Waals surface area contributed by atoms with Crippen LogP contribution in [0.4, 0.5) is 17.7 Å². The first-order valence-corrected chi connectivity index (χ1v) is 4.58. The Kier molecular flexibility index (Phi) is 2.29. The zero-order valence-electron chi connectivity index (χ0n) is 8.61. The van der Waals surface area contributed by atoms with E-state index in [1.54, 1.807) is 0 Å². The molecular weight excluding hydrogens is 192 g/mol. The Balaban J connectivity index is 2.24. The molecule has 2 aromatic rings. The molecule has 0 aliphatic rings. The van der Waals surface area contributed by atoms with Crippen LogP contribution in [0.5, 0.6) is 0 Å². The summed E-state index contributed by atoms with van der Waals surface area (Å²) in [6, 6.07) is 6.41. The second kappa shape index (κ2) is 3.61. The third-order valence-electron chi connectivity index (χ3n) is 2.06. The van der Waals surface area contributed by atoms with Crippen LogP contribution in [0.2, 0.25) is 0 Å². The van der Waals surface area contributed by atoms with Gasteiger partial charge in [-0.15, -0.1) is 0 Å². The molecule has 5 nitrogen and oxygen atoms in total. The lowest BCUT2D eigenvalue weighted by molar-refractivity contribution is 0.593. The van der Waals surface area contributed by atoms with Crippen molar-refractivity contribution in [2.24, 2.45) is 0 Å². The molecule has 0 bridgehead atoms. The molecule has 0 atom stereocenters. The molecule has 0 amide bonds. The van der Waals surface area contributed by atoms with E-state index in [0.717, 1.165) is 11.3 Å². The van der Waals surface area contributed by atoms with Crippen molar-refractivity contribution in [2.75, 3.05) is 11.1 Å². The average molecular weight is 204 g/mol. The Hall–Kier alpha value is -2.04. The summed E-state index contributed by atoms with van der Waals surface area (Å²) < 4.78 is 5.02. The van der Waals surface area contributed by atoms with Gasteiger partial charge in [0.2, 0.25) is 0 Å². The van der Waals surface area contributed by atoms with Crippen LogP contribution >= 0.6 is 0 Å². The van der Waals surface area contributed by atoms with Gasteiger partial charge < -0.3 is 15.5 Å². The van der Waals surface area contributed by atoms with Crippen LogP contribution in [0.3, 0.4) is 0 Å². The van der Waals surface area contributed by atoms with Crippen LogP contribution in [-0.2, 0) is 0 Å². The van der Waals surface area contributed by atoms with E-state index < -0.39 is 0 Å². The molecule has 1 aromatic carbocycles. The van der Waals surface area contributed by atoms with Gasteiger partial charge in [0.25, 0.3) is 0 Å². The van der Waals surface area contributed by atoms with Gasteiger partial charge in [-0.05, 0) is 25.5 Å². The maximum atomic E-state index is 5.31. The van der Waals surface area contributed by atoms with E-state index in [4.69, 9.17) is 10.2 Å². The van der Waals surface area contributed by atoms with Crippen molar-refractivity contribution in [1.82, 2.24) is 10.2 Å². The summed E-state index contributed by atoms with van der Waals surface area (Å²) in [4.78, 5) is 0. The van der Waals surface area contributed by atoms with E-state index in [9.17, 15) is 0 Å². The minimum absolute atomic E-state index is 0.0577. The van der Waals surface area contributed by atoms with Crippen LogP contribution in [0, 0.1) is 13.8 Å². The van der Waals surface area contributed by atoms with Gasteiger partial charge in [-0.25, -0.2) is 0 Å². The summed E-state index contributed by atoms with van der Waals surface area (Å²) in [6.07, 6.45) is 0. The minimum Gasteiger partial charge on any atom is -0.389 e. The predicted molar refractivity (Wildman–Crippen MR) is 57.9 cm³/mol. The van der Waals surface area contributed by atoms with Crippen molar-refractivity contribution < 1.29 is 4.42 Å². The van der Waals surface area contributed by atoms with Gasteiger partial charge in [0.15, 0.2) is 0 Å². The van der Waals surface area contributed by atoms with E-state index in [1.807, 2.05) is 26.0 Å². The fraction of sp³-hybridized carbons (Fsp3) is 0.200. The summed E-state index contributed by atoms with van der Waals surface area (Å²) in [7, 11) is 0. The maximum absolute atomic E-state index is 5.31. The average Bonchev–Trinajstić information content (AvgIpc) is 2.56. The topological polar surface area (TPSA) is 77.0 Å². The molecule has 0 saturated heterocycles. The number of nitrogen functional groups attached to an aromatic ring is 1. The molecule has 0 saturated carbocycles. The smallest absolute Gasteiger partial charge is 0.321 e. The Morgan fingerprint density at radius 3 is 2.67 bits per heavy atom. The minimum atomic E-state index is 0.0577. The SMILES string of the molecule is Cc1ccc(Nc2nnc(N)o2)c(C)c1. The standard InChI is InChI=1S/C10H12N4O/c1-6-3-4-8(7(2)5-6)12-10-14-13-9(11)15-10/h3-5H,1-2H3,(H2,11,13)(H,12,14). The lowest BCUT2D eigenvalue weighted by Gasteiger charge is -2.05. The van der Waals surface area contributed by atoms with Crippen LogP contribution in [0.25, 0.3) is 0 Å². The van der Waals surface area contributed by atoms with Crippen molar-refractivity contribution in [3.63, 3.8) is 0 Å². The lowest BCUT2D eigenvalue weighted by Crippen LogP contribution is -1.93. The fourth-order valence-corrected chi connectivity index (χ4v) is 1.35. The quantitative estimate of drug-likeness (QED) is 0.782. The molecule has 1 aromatic heterocycles. The molecule has 0 spiro atoms. The van der Waals surface area contributed by atoms with Crippen LogP contribution in [0.15, 0.2) is 22.6 Å². The molecule has 0 aliphatic heterocycles. The first kappa shape index (κ1) is 9.51. The first-order chi connectivity index (χ1) is 7.15. The van der Waals surface area contributed by atoms with Gasteiger partial charge in [-0.2, -0.15) is 0 Å². The molecule has 78 valence electrons. The number of nitrogens with two attached hydrogens (primary N) is 1. The van der Waals surface area contributed by atoms with Gasteiger partial charge in [0.05, 0.1) is 0 Å². The monoisotopic (exact) mass is 204 g/mol. The predicted octanol–water partition coefficient (Wildman–Crippen LogP) is 2.01. The Morgan fingerprint density at radius 1 is 1.27 bits per heavy atom. The number of nitrogens with one attached hydrogen (secondary N) is 1. The highest BCUT2D eigenvalue weighted by atomic mass is 16.4. The zero-order valence-corrected chi connectivity index (χ0v) is 8.61. The molecule has 5 heteroatoms. The Morgan fingerprint density at radius 2 is 2.07 bits per heavy atom. The molecule has 0 unspecified atom stereocenters. The second-order valence-corrected chi connectivity index (χ2v) is 3.39. The van der Waals surface area contributed by atoms with Crippen molar-refractivity contribution in [1.29, 1.82) is 0 Å². The molecule has 3 N–H and O–H groups in total. The molecule has 15 heavy (non-hydrogen) atoms. The maximum Gasteiger partial charge on any atom is 0.321 e. The summed E-state index contributed by atoms with van der Waals surface area (Å²) in [5, 5.41) is 10.3. The van der Waals surface area contributed by atoms with Gasteiger partial charge in [-0.1, -0.05) is 27.9 Å². The zero-order chi connectivity index (χ0) is 10.8. The van der Waals surface area contributed by atoms with E-state index in [2.05, 4.69) is 21.6 Å². The first-order valence-electron chi connectivity index (χ1n) is 4.58. The van der Waals surface area contributed by atoms with E-state index >= 15 is 0 Å². The third kappa shape index (κ3) is 2.07. The highest BCUT2D eigenvalue weighted by molar-refractivity contribution is 5.58. The molecule has 0 aliphatic carbocycles. The van der Waals surface area contributed by atoms with Crippen LogP contribution in [-0.4, -0.2) is 10.2 Å². The number of nitrogens with zero attached hydrogens (tertiary/aromatic N) is 2. The number of aryl methyl sites for hydroxylation is 2. The number of rotatable bonds is 2. The number of hydrogen-bond donors (Lipinski definition) is 2. The van der Waals surface area contributed by atoms with Crippen molar-refractivity contribution in [3.8, 4) is 0 Å². The van der Waals surface area contributed by atoms with Crippen molar-refractivity contribution in [2.45, 2.75) is 13.8 Å². The number of anilines is 3. The third-order valence-corrected chi connectivity index (χ3v) is 2.06. The highest BCUT2D eigenvalue weighted by Gasteiger charge is 2.04. The molecule has 0 fully saturated rings. The summed E-state index contributed by atoms with van der Waals surface area (Å²) in [5.41, 5.74) is 8.58. The molecule has 1 heterocycles. The normalized spacial score (nSPS) is 10.3.